The molecule has 43 heavy (non-hydrogen) atoms. The second kappa shape index (κ2) is 12.9. The van der Waals surface area contributed by atoms with Gasteiger partial charge in [-0.25, -0.2) is 14.7 Å². The van der Waals surface area contributed by atoms with Gasteiger partial charge in [-0.3, -0.25) is 19.3 Å². The Morgan fingerprint density at radius 3 is 2.60 bits per heavy atom. The molecular formula is C25H29N7O9S2. The largest absolute Gasteiger partial charge is 0.508 e. The zero-order valence-electron chi connectivity index (χ0n) is 23.2. The maximum atomic E-state index is 13.2. The molecule has 0 saturated carbocycles. The van der Waals surface area contributed by atoms with E-state index in [1.165, 1.54) is 30.0 Å². The third kappa shape index (κ3) is 7.75. The number of β-lactam (4-membered cyclic amide) rings is 1. The molecule has 1 aromatic heterocycles. The highest BCUT2D eigenvalue weighted by Crippen LogP contribution is 2.44. The zero-order valence-corrected chi connectivity index (χ0v) is 24.8. The molecule has 18 heteroatoms. The van der Waals surface area contributed by atoms with Gasteiger partial charge in [-0.1, -0.05) is 17.8 Å². The predicted molar refractivity (Wildman–Crippen MR) is 151 cm³/mol. The Balaban J connectivity index is 1.46. The molecule has 4 rings (SSSR count). The summed E-state index contributed by atoms with van der Waals surface area (Å²) in [5, 5.41) is 46.3. The van der Waals surface area contributed by atoms with Crippen molar-refractivity contribution >= 4 is 53.4 Å². The topological polar surface area (TPSA) is 237 Å². The molecule has 2 unspecified atom stereocenters. The number of carboxylic acids is 2. The van der Waals surface area contributed by atoms with E-state index in [2.05, 4.69) is 31.3 Å². The van der Waals surface area contributed by atoms with Crippen LogP contribution in [-0.2, 0) is 36.9 Å². The first-order chi connectivity index (χ1) is 20.2. The van der Waals surface area contributed by atoms with Crippen LogP contribution in [0.5, 0.6) is 5.75 Å². The van der Waals surface area contributed by atoms with Crippen LogP contribution in [-0.4, -0.2) is 98.7 Å². The number of thioether (sulfide) groups is 2. The minimum absolute atomic E-state index is 0.0320. The summed E-state index contributed by atoms with van der Waals surface area (Å²) in [5.74, 6) is -3.75. The number of aliphatic carboxylic acids is 2. The molecule has 2 aliphatic rings. The normalized spacial score (nSPS) is 18.8. The number of carbonyl (C=O) groups is 5. The van der Waals surface area contributed by atoms with Gasteiger partial charge >= 0.3 is 18.0 Å². The number of benzene rings is 1. The number of aromatic nitrogens is 4. The van der Waals surface area contributed by atoms with Gasteiger partial charge in [-0.15, -0.1) is 16.9 Å². The van der Waals surface area contributed by atoms with Gasteiger partial charge in [-0.05, 0) is 60.0 Å². The van der Waals surface area contributed by atoms with Crippen molar-refractivity contribution in [1.29, 1.82) is 0 Å². The number of fused-ring (bicyclic) bond motifs is 1. The minimum atomic E-state index is -1.41. The summed E-state index contributed by atoms with van der Waals surface area (Å²) < 4.78 is 5.22. The van der Waals surface area contributed by atoms with Crippen molar-refractivity contribution in [3.63, 3.8) is 0 Å². The Hall–Kier alpha value is -4.32. The number of phenols is 1. The van der Waals surface area contributed by atoms with E-state index < -0.39 is 58.5 Å². The van der Waals surface area contributed by atoms with Crippen LogP contribution in [0.2, 0.25) is 0 Å². The fraction of sp³-hybridized carbons (Fsp3) is 0.440. The molecule has 0 aliphatic carbocycles. The number of hydrogen-bond acceptors (Lipinski definition) is 12. The van der Waals surface area contributed by atoms with E-state index >= 15 is 0 Å². The fourth-order valence-corrected chi connectivity index (χ4v) is 6.99. The molecule has 6 N–H and O–H groups in total. The lowest BCUT2D eigenvalue weighted by atomic mass is 9.99. The number of aromatic hydroxyl groups is 1. The molecule has 1 fully saturated rings. The average molecular weight is 636 g/mol. The molecule has 2 aliphatic heterocycles. The molecular weight excluding hydrogens is 606 g/mol. The number of amides is 3. The maximum Gasteiger partial charge on any atom is 0.407 e. The van der Waals surface area contributed by atoms with Crippen LogP contribution in [0.1, 0.15) is 38.3 Å². The van der Waals surface area contributed by atoms with Crippen LogP contribution in [0, 0.1) is 0 Å². The number of hydrogen-bond donors (Lipinski definition) is 6. The van der Waals surface area contributed by atoms with Crippen molar-refractivity contribution in [2.75, 3.05) is 5.75 Å². The summed E-state index contributed by atoms with van der Waals surface area (Å²) in [4.78, 5) is 63.1. The van der Waals surface area contributed by atoms with Crippen LogP contribution in [0.25, 0.3) is 0 Å². The van der Waals surface area contributed by atoms with Gasteiger partial charge in [0.2, 0.25) is 11.1 Å². The van der Waals surface area contributed by atoms with E-state index in [0.29, 0.717) is 11.1 Å². The summed E-state index contributed by atoms with van der Waals surface area (Å²) in [5.41, 5.74) is 0.114. The van der Waals surface area contributed by atoms with Crippen molar-refractivity contribution < 1.29 is 44.0 Å². The monoisotopic (exact) mass is 635 g/mol. The van der Waals surface area contributed by atoms with E-state index in [1.807, 2.05) is 0 Å². The number of alkyl carbamates (subject to hydrolysis) is 1. The maximum absolute atomic E-state index is 13.2. The number of nitrogens with one attached hydrogen (secondary N) is 3. The van der Waals surface area contributed by atoms with Gasteiger partial charge in [0.05, 0.1) is 12.8 Å². The van der Waals surface area contributed by atoms with Crippen molar-refractivity contribution in [1.82, 2.24) is 36.2 Å². The summed E-state index contributed by atoms with van der Waals surface area (Å²) in [6.07, 6.45) is -1.31. The number of ether oxygens (including phenoxy) is 1. The van der Waals surface area contributed by atoms with Crippen molar-refractivity contribution in [3.05, 3.63) is 40.6 Å². The molecule has 230 valence electrons. The highest BCUT2D eigenvalue weighted by atomic mass is 32.2. The number of carbonyl (C=O) groups excluding carboxylic acids is 3. The van der Waals surface area contributed by atoms with E-state index in [0.717, 1.165) is 16.7 Å². The van der Waals surface area contributed by atoms with E-state index in [9.17, 15) is 39.3 Å². The Labute approximate surface area is 253 Å². The molecule has 0 spiro atoms. The number of carboxylic acid groups (broad SMARTS) is 2. The van der Waals surface area contributed by atoms with E-state index in [-0.39, 0.29) is 40.9 Å². The van der Waals surface area contributed by atoms with E-state index in [1.54, 1.807) is 20.8 Å². The Bertz CT molecular complexity index is 1460. The number of aromatic amines is 1. The molecule has 3 heterocycles. The van der Waals surface area contributed by atoms with Crippen molar-refractivity contribution in [2.24, 2.45) is 0 Å². The molecule has 16 nitrogen and oxygen atoms in total. The van der Waals surface area contributed by atoms with Crippen LogP contribution in [0.3, 0.4) is 0 Å². The minimum Gasteiger partial charge on any atom is -0.508 e. The lowest BCUT2D eigenvalue weighted by molar-refractivity contribution is -0.150. The first-order valence-corrected chi connectivity index (χ1v) is 14.8. The lowest BCUT2D eigenvalue weighted by Gasteiger charge is -2.50. The third-order valence-corrected chi connectivity index (χ3v) is 8.64. The highest BCUT2D eigenvalue weighted by Gasteiger charge is 2.55. The molecule has 0 bridgehead atoms. The van der Waals surface area contributed by atoms with Crippen molar-refractivity contribution in [2.45, 2.75) is 67.6 Å². The summed E-state index contributed by atoms with van der Waals surface area (Å²) >= 11 is 2.13. The zero-order chi connectivity index (χ0) is 31.5. The van der Waals surface area contributed by atoms with Gasteiger partial charge in [0, 0.05) is 17.5 Å². The van der Waals surface area contributed by atoms with E-state index in [4.69, 9.17) is 4.74 Å². The SMILES string of the molecule is CC(C)(C)OC(=O)NCc1cc(O)ccc1CC(=O)NC1C(=O)N2C(C(=O)O)=C(C(CC(=O)O)Sc3nnn[nH]3)CS[C@@H]12. The molecule has 1 saturated heterocycles. The summed E-state index contributed by atoms with van der Waals surface area (Å²) in [6, 6.07) is 3.29. The number of H-pyrrole nitrogens is 1. The molecule has 1 aromatic carbocycles. The molecule has 2 aromatic rings. The van der Waals surface area contributed by atoms with Gasteiger partial charge in [0.15, 0.2) is 0 Å². The number of rotatable bonds is 11. The first-order valence-electron chi connectivity index (χ1n) is 12.8. The third-order valence-electron chi connectivity index (χ3n) is 6.21. The van der Waals surface area contributed by atoms with Crippen LogP contribution < -0.4 is 10.6 Å². The fourth-order valence-electron chi connectivity index (χ4n) is 4.45. The van der Waals surface area contributed by atoms with Gasteiger partial charge < -0.3 is 30.7 Å². The van der Waals surface area contributed by atoms with Crippen molar-refractivity contribution in [3.8, 4) is 5.75 Å². The van der Waals surface area contributed by atoms with Crippen LogP contribution in [0.15, 0.2) is 34.6 Å². The first kappa shape index (κ1) is 31.6. The van der Waals surface area contributed by atoms with Gasteiger partial charge in [0.25, 0.3) is 5.91 Å². The second-order valence-corrected chi connectivity index (χ2v) is 12.8. The molecule has 3 atom stereocenters. The summed E-state index contributed by atoms with van der Waals surface area (Å²) in [6.45, 7) is 5.10. The average Bonchev–Trinajstić information content (AvgIpc) is 3.42. The Morgan fingerprint density at radius 2 is 1.98 bits per heavy atom. The Kier molecular flexibility index (Phi) is 9.49. The Morgan fingerprint density at radius 1 is 1.23 bits per heavy atom. The lowest BCUT2D eigenvalue weighted by Crippen LogP contribution is -2.70. The summed E-state index contributed by atoms with van der Waals surface area (Å²) in [7, 11) is 0. The number of phenolic OH excluding ortho intramolecular Hbond substituents is 1. The molecule has 3 amide bonds. The molecule has 0 radical (unpaired) electrons. The van der Waals surface area contributed by atoms with Crippen LogP contribution >= 0.6 is 23.5 Å². The number of nitrogens with zero attached hydrogens (tertiary/aromatic N) is 4. The van der Waals surface area contributed by atoms with Crippen LogP contribution in [0.4, 0.5) is 4.79 Å². The number of tetrazole rings is 1. The predicted octanol–water partition coefficient (Wildman–Crippen LogP) is 0.847. The highest BCUT2D eigenvalue weighted by molar-refractivity contribution is 8.01. The van der Waals surface area contributed by atoms with Gasteiger partial charge in [-0.2, -0.15) is 0 Å². The smallest absolute Gasteiger partial charge is 0.407 e. The van der Waals surface area contributed by atoms with Gasteiger partial charge in [0.1, 0.15) is 28.5 Å². The second-order valence-electron chi connectivity index (χ2n) is 10.5. The quantitative estimate of drug-likeness (QED) is 0.148. The standard InChI is InChI=1S/C25H29N7O9S2/c1-25(2,3)41-24(40)26-9-12-6-13(33)5-4-11(12)7-16(34)27-18-20(37)32-19(22(38)39)14(10-42-21(18)32)15(8-17(35)36)43-23-28-30-31-29-23/h4-6,15,18,21,33H,7-10H2,1-3H3,(H,26,40)(H,27,34)(H,35,36)(H,38,39)(H,28,29,30,31)/t15?,18?,21-/m0/s1.